The molecule has 0 spiro atoms. The van der Waals surface area contributed by atoms with Crippen molar-refractivity contribution in [1.82, 2.24) is 15.1 Å². The van der Waals surface area contributed by atoms with Gasteiger partial charge in [0.1, 0.15) is 0 Å². The highest BCUT2D eigenvalue weighted by molar-refractivity contribution is 5.74. The summed E-state index contributed by atoms with van der Waals surface area (Å²) in [5.74, 6) is 0.687. The number of hydrogen-bond acceptors (Lipinski definition) is 2. The Labute approximate surface area is 128 Å². The van der Waals surface area contributed by atoms with Crippen LogP contribution in [0.4, 0.5) is 4.79 Å². The highest BCUT2D eigenvalue weighted by atomic mass is 16.2. The van der Waals surface area contributed by atoms with Crippen molar-refractivity contribution < 1.29 is 4.79 Å². The van der Waals surface area contributed by atoms with E-state index in [0.29, 0.717) is 12.5 Å². The summed E-state index contributed by atoms with van der Waals surface area (Å²) in [7, 11) is 0. The van der Waals surface area contributed by atoms with E-state index in [9.17, 15) is 4.79 Å². The van der Waals surface area contributed by atoms with Gasteiger partial charge in [0.2, 0.25) is 0 Å². The Morgan fingerprint density at radius 1 is 1.19 bits per heavy atom. The normalized spacial score (nSPS) is 16.3. The number of nitrogens with zero attached hydrogens (tertiary/aromatic N) is 2. The van der Waals surface area contributed by atoms with Crippen LogP contribution >= 0.6 is 0 Å². The van der Waals surface area contributed by atoms with E-state index in [0.717, 1.165) is 32.7 Å². The lowest BCUT2D eigenvalue weighted by Gasteiger charge is -2.35. The third kappa shape index (κ3) is 4.74. The van der Waals surface area contributed by atoms with Crippen LogP contribution in [0.1, 0.15) is 25.0 Å². The first-order valence-corrected chi connectivity index (χ1v) is 7.86. The molecule has 116 valence electrons. The maximum atomic E-state index is 12.2. The lowest BCUT2D eigenvalue weighted by molar-refractivity contribution is 0.131. The molecule has 0 saturated carbocycles. The van der Waals surface area contributed by atoms with Gasteiger partial charge < -0.3 is 10.2 Å². The molecule has 1 aromatic rings. The largest absolute Gasteiger partial charge is 0.334 e. The van der Waals surface area contributed by atoms with Crippen LogP contribution in [0.3, 0.4) is 0 Å². The molecule has 4 heteroatoms. The van der Waals surface area contributed by atoms with Crippen molar-refractivity contribution in [2.24, 2.45) is 5.92 Å². The molecule has 2 amide bonds. The summed E-state index contributed by atoms with van der Waals surface area (Å²) in [6.07, 6.45) is 0. The quantitative estimate of drug-likeness (QED) is 0.924. The van der Waals surface area contributed by atoms with Crippen LogP contribution in [-0.2, 0) is 6.54 Å². The molecule has 1 N–H and O–H groups in total. The summed E-state index contributed by atoms with van der Waals surface area (Å²) >= 11 is 0. The lowest BCUT2D eigenvalue weighted by Crippen LogP contribution is -2.52. The number of carbonyl (C=O) groups is 1. The average Bonchev–Trinajstić information content (AvgIpc) is 2.46. The Balaban J connectivity index is 1.76. The van der Waals surface area contributed by atoms with Crippen LogP contribution in [0.25, 0.3) is 0 Å². The van der Waals surface area contributed by atoms with E-state index < -0.39 is 0 Å². The molecule has 1 aliphatic rings. The van der Waals surface area contributed by atoms with Gasteiger partial charge in [-0.1, -0.05) is 38.1 Å². The van der Waals surface area contributed by atoms with E-state index in [1.54, 1.807) is 0 Å². The van der Waals surface area contributed by atoms with Crippen molar-refractivity contribution in [2.45, 2.75) is 27.3 Å². The second kappa shape index (κ2) is 7.46. The Morgan fingerprint density at radius 2 is 1.86 bits per heavy atom. The maximum Gasteiger partial charge on any atom is 0.317 e. The number of nitrogens with one attached hydrogen (secondary N) is 1. The van der Waals surface area contributed by atoms with Gasteiger partial charge in [0.15, 0.2) is 0 Å². The fourth-order valence-corrected chi connectivity index (χ4v) is 2.74. The second-order valence-electron chi connectivity index (χ2n) is 6.27. The van der Waals surface area contributed by atoms with Crippen molar-refractivity contribution in [3.05, 3.63) is 35.4 Å². The Morgan fingerprint density at radius 3 is 2.48 bits per heavy atom. The number of aryl methyl sites for hydroxylation is 1. The Kier molecular flexibility index (Phi) is 5.62. The molecule has 1 aliphatic heterocycles. The van der Waals surface area contributed by atoms with Crippen LogP contribution in [0.15, 0.2) is 24.3 Å². The number of benzene rings is 1. The van der Waals surface area contributed by atoms with Gasteiger partial charge in [-0.25, -0.2) is 4.79 Å². The first-order valence-electron chi connectivity index (χ1n) is 7.86. The number of rotatable bonds is 4. The number of urea groups is 1. The molecule has 0 unspecified atom stereocenters. The van der Waals surface area contributed by atoms with Crippen molar-refractivity contribution >= 4 is 6.03 Å². The number of hydrogen-bond donors (Lipinski definition) is 1. The molecule has 0 bridgehead atoms. The first-order chi connectivity index (χ1) is 10.1. The number of amides is 2. The monoisotopic (exact) mass is 289 g/mol. The molecule has 2 rings (SSSR count). The molecule has 21 heavy (non-hydrogen) atoms. The zero-order valence-corrected chi connectivity index (χ0v) is 13.4. The second-order valence-corrected chi connectivity index (χ2v) is 6.27. The van der Waals surface area contributed by atoms with Gasteiger partial charge in [0.05, 0.1) is 0 Å². The summed E-state index contributed by atoms with van der Waals surface area (Å²) in [5, 5.41) is 3.03. The predicted octanol–water partition coefficient (Wildman–Crippen LogP) is 2.48. The molecular weight excluding hydrogens is 262 g/mol. The van der Waals surface area contributed by atoms with E-state index in [-0.39, 0.29) is 6.03 Å². The summed E-state index contributed by atoms with van der Waals surface area (Å²) < 4.78 is 0. The summed E-state index contributed by atoms with van der Waals surface area (Å²) in [6.45, 7) is 11.9. The van der Waals surface area contributed by atoms with Gasteiger partial charge in [-0.3, -0.25) is 4.90 Å². The van der Waals surface area contributed by atoms with Gasteiger partial charge in [0, 0.05) is 39.3 Å². The van der Waals surface area contributed by atoms with Crippen LogP contribution in [0, 0.1) is 12.8 Å². The molecule has 1 heterocycles. The van der Waals surface area contributed by atoms with Crippen LogP contribution < -0.4 is 5.32 Å². The van der Waals surface area contributed by atoms with E-state index in [4.69, 9.17) is 0 Å². The zero-order chi connectivity index (χ0) is 15.2. The van der Waals surface area contributed by atoms with Crippen molar-refractivity contribution in [3.8, 4) is 0 Å². The summed E-state index contributed by atoms with van der Waals surface area (Å²) in [5.41, 5.74) is 2.41. The summed E-state index contributed by atoms with van der Waals surface area (Å²) in [6, 6.07) is 8.23. The molecule has 1 aromatic carbocycles. The minimum atomic E-state index is 0.0578. The van der Waals surface area contributed by atoms with E-state index in [2.05, 4.69) is 43.1 Å². The number of piperazine rings is 1. The standard InChI is InChI=1S/C17H27N3O/c1-14(2)13-19-8-10-20(11-9-19)17(21)18-12-16-7-5-4-6-15(16)3/h4-7,14H,8-13H2,1-3H3,(H,18,21). The molecule has 1 fully saturated rings. The molecule has 4 nitrogen and oxygen atoms in total. The smallest absolute Gasteiger partial charge is 0.317 e. The van der Waals surface area contributed by atoms with Crippen molar-refractivity contribution in [2.75, 3.05) is 32.7 Å². The number of carbonyl (C=O) groups excluding carboxylic acids is 1. The highest BCUT2D eigenvalue weighted by Gasteiger charge is 2.21. The topological polar surface area (TPSA) is 35.6 Å². The molecule has 0 aromatic heterocycles. The predicted molar refractivity (Wildman–Crippen MR) is 86.3 cm³/mol. The SMILES string of the molecule is Cc1ccccc1CNC(=O)N1CCN(CC(C)C)CC1. The third-order valence-corrected chi connectivity index (χ3v) is 3.97. The molecule has 0 aliphatic carbocycles. The van der Waals surface area contributed by atoms with Crippen LogP contribution in [0.5, 0.6) is 0 Å². The molecule has 1 saturated heterocycles. The van der Waals surface area contributed by atoms with Gasteiger partial charge >= 0.3 is 6.03 Å². The fourth-order valence-electron chi connectivity index (χ4n) is 2.74. The minimum absolute atomic E-state index is 0.0578. The van der Waals surface area contributed by atoms with Gasteiger partial charge in [-0.2, -0.15) is 0 Å². The summed E-state index contributed by atoms with van der Waals surface area (Å²) in [4.78, 5) is 16.6. The minimum Gasteiger partial charge on any atom is -0.334 e. The van der Waals surface area contributed by atoms with E-state index in [1.165, 1.54) is 11.1 Å². The van der Waals surface area contributed by atoms with Gasteiger partial charge in [-0.05, 0) is 24.0 Å². The Bertz CT molecular complexity index is 465. The van der Waals surface area contributed by atoms with E-state index in [1.807, 2.05) is 17.0 Å². The first kappa shape index (κ1) is 15.8. The maximum absolute atomic E-state index is 12.2. The van der Waals surface area contributed by atoms with Crippen molar-refractivity contribution in [3.63, 3.8) is 0 Å². The average molecular weight is 289 g/mol. The Hall–Kier alpha value is -1.55. The fraction of sp³-hybridized carbons (Fsp3) is 0.588. The van der Waals surface area contributed by atoms with E-state index >= 15 is 0 Å². The molecular formula is C17H27N3O. The van der Waals surface area contributed by atoms with Crippen LogP contribution in [0.2, 0.25) is 0 Å². The van der Waals surface area contributed by atoms with Gasteiger partial charge in [-0.15, -0.1) is 0 Å². The highest BCUT2D eigenvalue weighted by Crippen LogP contribution is 2.08. The molecule has 0 radical (unpaired) electrons. The van der Waals surface area contributed by atoms with Crippen LogP contribution in [-0.4, -0.2) is 48.6 Å². The van der Waals surface area contributed by atoms with Gasteiger partial charge in [0.25, 0.3) is 0 Å². The van der Waals surface area contributed by atoms with Crippen molar-refractivity contribution in [1.29, 1.82) is 0 Å². The lowest BCUT2D eigenvalue weighted by atomic mass is 10.1. The molecule has 0 atom stereocenters. The third-order valence-electron chi connectivity index (χ3n) is 3.97. The zero-order valence-electron chi connectivity index (χ0n) is 13.4.